The molecule has 2 nitrogen and oxygen atoms in total. The topological polar surface area (TPSA) is 18.5 Å². The molecule has 4 heteroatoms. The Bertz CT molecular complexity index is 288. The van der Waals surface area contributed by atoms with E-state index in [4.69, 9.17) is 8.85 Å². The summed E-state index contributed by atoms with van der Waals surface area (Å²) in [5, 5.41) is 0. The van der Waals surface area contributed by atoms with E-state index < -0.39 is 16.6 Å². The van der Waals surface area contributed by atoms with Gasteiger partial charge in [0.1, 0.15) is 0 Å². The molecule has 0 amide bonds. The first-order valence-corrected chi connectivity index (χ1v) is 14.2. The summed E-state index contributed by atoms with van der Waals surface area (Å²) < 4.78 is 13.6. The summed E-state index contributed by atoms with van der Waals surface area (Å²) >= 11 is 0. The van der Waals surface area contributed by atoms with E-state index in [0.717, 1.165) is 0 Å². The summed E-state index contributed by atoms with van der Waals surface area (Å²) in [6, 6.07) is 0. The summed E-state index contributed by atoms with van der Waals surface area (Å²) in [5.41, 5.74) is 3.69. The lowest BCUT2D eigenvalue weighted by molar-refractivity contribution is 0.201. The van der Waals surface area contributed by atoms with E-state index in [0.29, 0.717) is 34.4 Å². The molecule has 0 aliphatic rings. The number of rotatable bonds is 10. The van der Waals surface area contributed by atoms with Crippen molar-refractivity contribution in [2.24, 2.45) is 0 Å². The van der Waals surface area contributed by atoms with Crippen LogP contribution in [0.2, 0.25) is 27.8 Å². The van der Waals surface area contributed by atoms with Crippen LogP contribution in [0.5, 0.6) is 0 Å². The van der Waals surface area contributed by atoms with Gasteiger partial charge in [0.2, 0.25) is 0 Å². The molecule has 0 spiro atoms. The molecule has 0 saturated carbocycles. The molecule has 23 heavy (non-hydrogen) atoms. The normalized spacial score (nSPS) is 14.3. The maximum atomic E-state index is 6.79. The highest BCUT2D eigenvalue weighted by Crippen LogP contribution is 2.47. The molecule has 0 aromatic heterocycles. The van der Waals surface area contributed by atoms with E-state index in [-0.39, 0.29) is 0 Å². The standard InChI is InChI=1S/C19H44O2Si2/c1-14(2)20-22(16(5)6,17(7)8)13-23(18(9)10,19(11)12)21-15(3)4/h14-19H,13H2,1-12H3. The second kappa shape index (κ2) is 9.16. The van der Waals surface area contributed by atoms with Gasteiger partial charge in [0.15, 0.2) is 16.6 Å². The van der Waals surface area contributed by atoms with Crippen LogP contribution in [0.25, 0.3) is 0 Å². The molecule has 0 heterocycles. The molecule has 0 aliphatic heterocycles. The largest absolute Gasteiger partial charge is 0.414 e. The van der Waals surface area contributed by atoms with E-state index in [1.165, 1.54) is 5.67 Å². The molecule has 140 valence electrons. The zero-order valence-electron chi connectivity index (χ0n) is 18.0. The van der Waals surface area contributed by atoms with Gasteiger partial charge in [-0.25, -0.2) is 0 Å². The van der Waals surface area contributed by atoms with Gasteiger partial charge in [-0.3, -0.25) is 0 Å². The number of hydrogen-bond donors (Lipinski definition) is 0. The van der Waals surface area contributed by atoms with Crippen LogP contribution in [-0.4, -0.2) is 28.8 Å². The lowest BCUT2D eigenvalue weighted by atomic mass is 10.5. The lowest BCUT2D eigenvalue weighted by Crippen LogP contribution is -2.58. The molecule has 0 radical (unpaired) electrons. The molecule has 0 N–H and O–H groups in total. The zero-order chi connectivity index (χ0) is 18.6. The van der Waals surface area contributed by atoms with Crippen LogP contribution >= 0.6 is 0 Å². The zero-order valence-corrected chi connectivity index (χ0v) is 20.0. The fourth-order valence-electron chi connectivity index (χ4n) is 4.09. The van der Waals surface area contributed by atoms with Crippen LogP contribution in [0.3, 0.4) is 0 Å². The summed E-state index contributed by atoms with van der Waals surface area (Å²) in [7, 11) is -3.81. The molecule has 0 rings (SSSR count). The van der Waals surface area contributed by atoms with Gasteiger partial charge in [0.25, 0.3) is 0 Å². The maximum Gasteiger partial charge on any atom is 0.197 e. The predicted octanol–water partition coefficient (Wildman–Crippen LogP) is 6.91. The minimum Gasteiger partial charge on any atom is -0.414 e. The van der Waals surface area contributed by atoms with Crippen molar-refractivity contribution in [3.63, 3.8) is 0 Å². The van der Waals surface area contributed by atoms with Crippen molar-refractivity contribution in [3.05, 3.63) is 0 Å². The van der Waals surface area contributed by atoms with Crippen molar-refractivity contribution < 1.29 is 8.85 Å². The summed E-state index contributed by atoms with van der Waals surface area (Å²) in [6.45, 7) is 27.8. The average Bonchev–Trinajstić information content (AvgIpc) is 2.34. The maximum absolute atomic E-state index is 6.79. The molecular weight excluding hydrogens is 316 g/mol. The second-order valence-corrected chi connectivity index (χ2v) is 19.4. The van der Waals surface area contributed by atoms with Crippen molar-refractivity contribution in [2.45, 2.75) is 123 Å². The van der Waals surface area contributed by atoms with Gasteiger partial charge in [-0.05, 0) is 55.5 Å². The minimum absolute atomic E-state index is 0.302. The molecule has 0 saturated heterocycles. The molecule has 0 unspecified atom stereocenters. The predicted molar refractivity (Wildman–Crippen MR) is 109 cm³/mol. The number of hydrogen-bond acceptors (Lipinski definition) is 2. The molecule has 0 atom stereocenters. The van der Waals surface area contributed by atoms with Gasteiger partial charge in [-0.15, -0.1) is 0 Å². The van der Waals surface area contributed by atoms with Gasteiger partial charge in [-0.1, -0.05) is 55.4 Å². The van der Waals surface area contributed by atoms with Crippen LogP contribution in [0.1, 0.15) is 83.1 Å². The minimum atomic E-state index is -1.90. The average molecular weight is 361 g/mol. The Kier molecular flexibility index (Phi) is 9.30. The third-order valence-electron chi connectivity index (χ3n) is 5.37. The smallest absolute Gasteiger partial charge is 0.197 e. The van der Waals surface area contributed by atoms with Gasteiger partial charge in [-0.2, -0.15) is 0 Å². The van der Waals surface area contributed by atoms with Crippen molar-refractivity contribution in [3.8, 4) is 0 Å². The van der Waals surface area contributed by atoms with Gasteiger partial charge in [0.05, 0.1) is 0 Å². The van der Waals surface area contributed by atoms with E-state index in [2.05, 4.69) is 83.1 Å². The first-order valence-electron chi connectivity index (χ1n) is 9.67. The summed E-state index contributed by atoms with van der Waals surface area (Å²) in [6.07, 6.45) is 0.605. The summed E-state index contributed by atoms with van der Waals surface area (Å²) in [4.78, 5) is 0. The van der Waals surface area contributed by atoms with Crippen molar-refractivity contribution in [2.75, 3.05) is 0 Å². The first kappa shape index (κ1) is 23.4. The van der Waals surface area contributed by atoms with Crippen molar-refractivity contribution >= 4 is 16.6 Å². The second-order valence-electron chi connectivity index (χ2n) is 9.04. The third-order valence-corrected chi connectivity index (χ3v) is 19.4. The summed E-state index contributed by atoms with van der Waals surface area (Å²) in [5.74, 6) is 0. The van der Waals surface area contributed by atoms with E-state index in [9.17, 15) is 0 Å². The molecular formula is C19H44O2Si2. The highest BCUT2D eigenvalue weighted by Gasteiger charge is 2.54. The molecule has 0 aromatic carbocycles. The molecule has 0 aliphatic carbocycles. The molecule has 0 aromatic rings. The van der Waals surface area contributed by atoms with Crippen LogP contribution in [0.4, 0.5) is 0 Å². The quantitative estimate of drug-likeness (QED) is 0.394. The Morgan fingerprint density at radius 1 is 0.478 bits per heavy atom. The van der Waals surface area contributed by atoms with Crippen LogP contribution in [0, 0.1) is 0 Å². The lowest BCUT2D eigenvalue weighted by Gasteiger charge is -2.49. The van der Waals surface area contributed by atoms with Crippen LogP contribution < -0.4 is 0 Å². The van der Waals surface area contributed by atoms with Crippen molar-refractivity contribution in [1.29, 1.82) is 0 Å². The van der Waals surface area contributed by atoms with Crippen molar-refractivity contribution in [1.82, 2.24) is 0 Å². The Balaban J connectivity index is 6.03. The Hall–Kier alpha value is 0.354. The molecule has 0 fully saturated rings. The van der Waals surface area contributed by atoms with Crippen LogP contribution in [0.15, 0.2) is 0 Å². The first-order chi connectivity index (χ1) is 10.3. The van der Waals surface area contributed by atoms with E-state index in [1.807, 2.05) is 0 Å². The van der Waals surface area contributed by atoms with E-state index >= 15 is 0 Å². The Morgan fingerprint density at radius 3 is 0.826 bits per heavy atom. The molecule has 0 bridgehead atoms. The van der Waals surface area contributed by atoms with Gasteiger partial charge < -0.3 is 8.85 Å². The Morgan fingerprint density at radius 2 is 0.696 bits per heavy atom. The van der Waals surface area contributed by atoms with Crippen LogP contribution in [-0.2, 0) is 8.85 Å². The van der Waals surface area contributed by atoms with E-state index in [1.54, 1.807) is 0 Å². The van der Waals surface area contributed by atoms with Gasteiger partial charge >= 0.3 is 0 Å². The van der Waals surface area contributed by atoms with Gasteiger partial charge in [0, 0.05) is 12.2 Å². The monoisotopic (exact) mass is 360 g/mol. The fourth-order valence-corrected chi connectivity index (χ4v) is 20.3. The SMILES string of the molecule is CC(C)O[Si](C[Si](OC(C)C)(C(C)C)C(C)C)(C(C)C)C(C)C. The Labute approximate surface area is 149 Å². The third kappa shape index (κ3) is 5.69. The highest BCUT2D eigenvalue weighted by atomic mass is 28.4. The highest BCUT2D eigenvalue weighted by molar-refractivity contribution is 6.94. The fraction of sp³-hybridized carbons (Fsp3) is 1.00.